The number of nitrogens with zero attached hydrogens (tertiary/aromatic N) is 2. The van der Waals surface area contributed by atoms with Crippen LogP contribution >= 0.6 is 23.2 Å². The SMILES string of the molecule is CCc1ncnc(C2(OC)C(F)=CC(Cl)=CC2NC(=O)c2ccc(F)cc2F)c1Cl. The number of amides is 1. The average Bonchev–Trinajstić information content (AvgIpc) is 2.69. The Hall–Kier alpha value is -2.42. The highest BCUT2D eigenvalue weighted by atomic mass is 35.5. The van der Waals surface area contributed by atoms with Crippen molar-refractivity contribution in [2.24, 2.45) is 0 Å². The van der Waals surface area contributed by atoms with E-state index in [1.165, 1.54) is 19.5 Å². The fourth-order valence-corrected chi connectivity index (χ4v) is 3.82. The van der Waals surface area contributed by atoms with E-state index in [0.717, 1.165) is 18.2 Å². The van der Waals surface area contributed by atoms with Gasteiger partial charge in [-0.05, 0) is 30.7 Å². The summed E-state index contributed by atoms with van der Waals surface area (Å²) in [5.41, 5.74) is -2.00. The fourth-order valence-electron chi connectivity index (χ4n) is 3.23. The normalized spacial score (nSPS) is 21.1. The lowest BCUT2D eigenvalue weighted by Gasteiger charge is -2.39. The first-order valence-corrected chi connectivity index (χ1v) is 9.56. The van der Waals surface area contributed by atoms with Gasteiger partial charge in [-0.2, -0.15) is 0 Å². The molecule has 5 nitrogen and oxygen atoms in total. The molecular formula is C20H16Cl2F3N3O2. The van der Waals surface area contributed by atoms with Crippen LogP contribution in [0.2, 0.25) is 5.02 Å². The van der Waals surface area contributed by atoms with Crippen LogP contribution in [0.3, 0.4) is 0 Å². The zero-order valence-corrected chi connectivity index (χ0v) is 17.4. The van der Waals surface area contributed by atoms with Crippen molar-refractivity contribution in [3.8, 4) is 0 Å². The van der Waals surface area contributed by atoms with E-state index in [1.807, 2.05) is 0 Å². The molecule has 1 aliphatic rings. The maximum absolute atomic E-state index is 15.3. The Morgan fingerprint density at radius 1 is 1.27 bits per heavy atom. The van der Waals surface area contributed by atoms with Gasteiger partial charge < -0.3 is 10.1 Å². The molecule has 0 aliphatic heterocycles. The topological polar surface area (TPSA) is 64.1 Å². The number of benzene rings is 1. The molecule has 10 heteroatoms. The van der Waals surface area contributed by atoms with E-state index in [0.29, 0.717) is 18.2 Å². The van der Waals surface area contributed by atoms with Crippen LogP contribution in [-0.2, 0) is 16.8 Å². The number of aryl methyl sites for hydroxylation is 1. The maximum atomic E-state index is 15.3. The van der Waals surface area contributed by atoms with Gasteiger partial charge in [0.15, 0.2) is 5.60 Å². The number of nitrogens with one attached hydrogen (secondary N) is 1. The molecule has 0 fully saturated rings. The van der Waals surface area contributed by atoms with Crippen molar-refractivity contribution in [2.45, 2.75) is 25.0 Å². The smallest absolute Gasteiger partial charge is 0.254 e. The summed E-state index contributed by atoms with van der Waals surface area (Å²) in [6, 6.07) is 1.22. The molecule has 2 aromatic rings. The first-order chi connectivity index (χ1) is 14.2. The number of hydrogen-bond acceptors (Lipinski definition) is 4. The van der Waals surface area contributed by atoms with Gasteiger partial charge in [-0.25, -0.2) is 23.1 Å². The molecular weight excluding hydrogens is 442 g/mol. The molecule has 1 N–H and O–H groups in total. The molecule has 30 heavy (non-hydrogen) atoms. The van der Waals surface area contributed by atoms with E-state index < -0.39 is 40.6 Å². The zero-order chi connectivity index (χ0) is 22.1. The van der Waals surface area contributed by atoms with Crippen LogP contribution in [0.1, 0.15) is 28.7 Å². The summed E-state index contributed by atoms with van der Waals surface area (Å²) in [5.74, 6) is -3.73. The van der Waals surface area contributed by atoms with Crippen molar-refractivity contribution < 1.29 is 22.7 Å². The third kappa shape index (κ3) is 3.82. The van der Waals surface area contributed by atoms with Crippen LogP contribution in [0, 0.1) is 11.6 Å². The molecule has 1 aliphatic carbocycles. The number of methoxy groups -OCH3 is 1. The first kappa shape index (κ1) is 22.3. The number of rotatable bonds is 5. The predicted molar refractivity (Wildman–Crippen MR) is 106 cm³/mol. The Bertz CT molecular complexity index is 1060. The van der Waals surface area contributed by atoms with E-state index >= 15 is 4.39 Å². The second-order valence-electron chi connectivity index (χ2n) is 6.40. The van der Waals surface area contributed by atoms with Gasteiger partial charge in [0.2, 0.25) is 0 Å². The highest BCUT2D eigenvalue weighted by Gasteiger charge is 2.50. The van der Waals surface area contributed by atoms with Gasteiger partial charge in [0.25, 0.3) is 5.91 Å². The summed E-state index contributed by atoms with van der Waals surface area (Å²) in [7, 11) is 1.21. The van der Waals surface area contributed by atoms with Crippen molar-refractivity contribution in [3.05, 3.63) is 81.1 Å². The van der Waals surface area contributed by atoms with Crippen LogP contribution in [0.25, 0.3) is 0 Å². The zero-order valence-electron chi connectivity index (χ0n) is 15.8. The van der Waals surface area contributed by atoms with Crippen molar-refractivity contribution in [2.75, 3.05) is 7.11 Å². The summed E-state index contributed by atoms with van der Waals surface area (Å²) in [4.78, 5) is 20.8. The first-order valence-electron chi connectivity index (χ1n) is 8.80. The summed E-state index contributed by atoms with van der Waals surface area (Å²) in [6.45, 7) is 1.80. The molecule has 1 heterocycles. The standard InChI is InChI=1S/C20H16Cl2F3N3O2/c1-3-14-17(22)18(27-9-26-14)20(30-2)15(25)6-10(21)7-16(20)28-19(29)12-5-4-11(23)8-13(12)24/h4-9,16H,3H2,1-2H3,(H,28,29). The van der Waals surface area contributed by atoms with E-state index in [4.69, 9.17) is 27.9 Å². The maximum Gasteiger partial charge on any atom is 0.254 e. The minimum Gasteiger partial charge on any atom is -0.362 e. The Balaban J connectivity index is 2.11. The molecule has 0 saturated carbocycles. The Labute approximate surface area is 180 Å². The molecule has 158 valence electrons. The van der Waals surface area contributed by atoms with E-state index in [2.05, 4.69) is 15.3 Å². The minimum absolute atomic E-state index is 0.0223. The molecule has 1 aromatic carbocycles. The average molecular weight is 458 g/mol. The lowest BCUT2D eigenvalue weighted by atomic mass is 9.84. The largest absolute Gasteiger partial charge is 0.362 e. The number of carbonyl (C=O) groups excluding carboxylic acids is 1. The van der Waals surface area contributed by atoms with Crippen molar-refractivity contribution in [1.29, 1.82) is 0 Å². The number of halogens is 5. The van der Waals surface area contributed by atoms with E-state index in [1.54, 1.807) is 6.92 Å². The molecule has 2 atom stereocenters. The van der Waals surface area contributed by atoms with Crippen molar-refractivity contribution in [3.63, 3.8) is 0 Å². The molecule has 0 saturated heterocycles. The highest BCUT2D eigenvalue weighted by Crippen LogP contribution is 2.44. The summed E-state index contributed by atoms with van der Waals surface area (Å²) >= 11 is 12.4. The molecule has 1 amide bonds. The highest BCUT2D eigenvalue weighted by molar-refractivity contribution is 6.32. The number of allylic oxidation sites excluding steroid dienone is 2. The molecule has 2 unspecified atom stereocenters. The van der Waals surface area contributed by atoms with E-state index in [9.17, 15) is 13.6 Å². The predicted octanol–water partition coefficient (Wildman–Crippen LogP) is 4.60. The summed E-state index contributed by atoms with van der Waals surface area (Å²) in [6.07, 6.45) is 3.97. The summed E-state index contributed by atoms with van der Waals surface area (Å²) in [5, 5.41) is 2.51. The van der Waals surface area contributed by atoms with Gasteiger partial charge in [0.05, 0.1) is 22.3 Å². The second-order valence-corrected chi connectivity index (χ2v) is 7.21. The fraction of sp³-hybridized carbons (Fsp3) is 0.250. The molecule has 0 radical (unpaired) electrons. The van der Waals surface area contributed by atoms with Gasteiger partial charge in [-0.15, -0.1) is 0 Å². The number of ether oxygens (including phenoxy) is 1. The molecule has 0 spiro atoms. The Morgan fingerprint density at radius 2 is 2.00 bits per heavy atom. The quantitative estimate of drug-likeness (QED) is 0.712. The monoisotopic (exact) mass is 457 g/mol. The van der Waals surface area contributed by atoms with Crippen LogP contribution in [0.5, 0.6) is 0 Å². The molecule has 3 rings (SSSR count). The Kier molecular flexibility index (Phi) is 6.50. The minimum atomic E-state index is -1.98. The van der Waals surface area contributed by atoms with Crippen LogP contribution in [0.15, 0.2) is 47.5 Å². The lowest BCUT2D eigenvalue weighted by molar-refractivity contribution is -0.0230. The number of hydrogen-bond donors (Lipinski definition) is 1. The van der Waals surface area contributed by atoms with Crippen molar-refractivity contribution >= 4 is 29.1 Å². The van der Waals surface area contributed by atoms with E-state index in [-0.39, 0.29) is 15.7 Å². The third-order valence-electron chi connectivity index (χ3n) is 4.72. The van der Waals surface area contributed by atoms with Gasteiger partial charge in [0.1, 0.15) is 29.5 Å². The third-order valence-corrected chi connectivity index (χ3v) is 5.35. The summed E-state index contributed by atoms with van der Waals surface area (Å²) < 4.78 is 48.1. The van der Waals surface area contributed by atoms with Crippen molar-refractivity contribution in [1.82, 2.24) is 15.3 Å². The second kappa shape index (κ2) is 8.75. The van der Waals surface area contributed by atoms with Gasteiger partial charge >= 0.3 is 0 Å². The number of carbonyl (C=O) groups is 1. The van der Waals surface area contributed by atoms with Crippen LogP contribution < -0.4 is 5.32 Å². The van der Waals surface area contributed by atoms with Gasteiger partial charge in [0, 0.05) is 18.2 Å². The van der Waals surface area contributed by atoms with Crippen LogP contribution in [0.4, 0.5) is 13.2 Å². The lowest BCUT2D eigenvalue weighted by Crippen LogP contribution is -2.53. The number of aromatic nitrogens is 2. The molecule has 0 bridgehead atoms. The molecule has 1 aromatic heterocycles. The Morgan fingerprint density at radius 3 is 2.63 bits per heavy atom. The van der Waals surface area contributed by atoms with Gasteiger partial charge in [-0.1, -0.05) is 30.1 Å². The van der Waals surface area contributed by atoms with Crippen LogP contribution in [-0.4, -0.2) is 29.0 Å². The van der Waals surface area contributed by atoms with Gasteiger partial charge in [-0.3, -0.25) is 4.79 Å².